The molecule has 1 saturated carbocycles. The van der Waals surface area contributed by atoms with Crippen LogP contribution in [0.25, 0.3) is 0 Å². The van der Waals surface area contributed by atoms with Crippen LogP contribution in [0.1, 0.15) is 31.7 Å². The van der Waals surface area contributed by atoms with Crippen LogP contribution in [0.2, 0.25) is 0 Å². The number of nitriles is 1. The molecule has 1 aliphatic carbocycles. The van der Waals surface area contributed by atoms with E-state index in [1.807, 2.05) is 0 Å². The number of carbonyl (C=O) groups is 1. The molecule has 4 N–H and O–H groups in total. The van der Waals surface area contributed by atoms with Crippen molar-refractivity contribution in [1.29, 1.82) is 5.26 Å². The quantitative estimate of drug-likeness (QED) is 0.531. The van der Waals surface area contributed by atoms with E-state index in [1.165, 1.54) is 6.07 Å². The number of carboxylic acid groups (broad SMARTS) is 1. The molecule has 0 radical (unpaired) electrons. The van der Waals surface area contributed by atoms with Crippen LogP contribution in [-0.2, 0) is 0 Å². The number of pyridine rings is 1. The van der Waals surface area contributed by atoms with Gasteiger partial charge in [-0.15, -0.1) is 0 Å². The van der Waals surface area contributed by atoms with Crippen molar-refractivity contribution in [2.75, 3.05) is 10.6 Å². The Balaban J connectivity index is 1.90. The van der Waals surface area contributed by atoms with Crippen molar-refractivity contribution >= 4 is 23.4 Å². The zero-order chi connectivity index (χ0) is 21.8. The van der Waals surface area contributed by atoms with E-state index in [0.717, 1.165) is 37.5 Å². The van der Waals surface area contributed by atoms with Gasteiger partial charge in [0.15, 0.2) is 29.1 Å². The highest BCUT2D eigenvalue weighted by atomic mass is 19.2. The Bertz CT molecular complexity index is 991. The van der Waals surface area contributed by atoms with E-state index in [9.17, 15) is 23.2 Å². The molecule has 1 aromatic heterocycles. The van der Waals surface area contributed by atoms with Crippen molar-refractivity contribution in [3.63, 3.8) is 0 Å². The summed E-state index contributed by atoms with van der Waals surface area (Å²) in [5.41, 5.74) is 0.00611. The first-order chi connectivity index (χ1) is 14.3. The lowest BCUT2D eigenvalue weighted by Gasteiger charge is -2.38. The minimum Gasteiger partial charge on any atom is -0.465 e. The fraction of sp³-hybridized carbons (Fsp3) is 0.350. The number of halogens is 3. The standard InChI is InChI=1S/C20H20F3N5O2/c1-10(25-20(29)30)17(11-3-2-4-11)27-19-16(23)7-12(9-24)18(28-19)26-13-5-6-14(21)15(22)8-13/h5-8,10-11,17,25H,2-4H2,1H3,(H,29,30)(H2,26,27,28)/t10-,17+/m0/s1. The first-order valence-electron chi connectivity index (χ1n) is 9.37. The summed E-state index contributed by atoms with van der Waals surface area (Å²) in [4.78, 5) is 15.1. The lowest BCUT2D eigenvalue weighted by atomic mass is 9.77. The highest BCUT2D eigenvalue weighted by Gasteiger charge is 2.33. The lowest BCUT2D eigenvalue weighted by Crippen LogP contribution is -2.50. The van der Waals surface area contributed by atoms with Gasteiger partial charge < -0.3 is 21.1 Å². The van der Waals surface area contributed by atoms with Crippen LogP contribution in [-0.4, -0.2) is 28.3 Å². The molecule has 158 valence electrons. The SMILES string of the molecule is C[C@H](NC(=O)O)[C@@H](Nc1nc(Nc2ccc(F)c(F)c2)c(C#N)cc1F)C1CCC1. The van der Waals surface area contributed by atoms with E-state index in [0.29, 0.717) is 0 Å². The Morgan fingerprint density at radius 2 is 1.93 bits per heavy atom. The summed E-state index contributed by atoms with van der Waals surface area (Å²) in [6.07, 6.45) is 1.53. The van der Waals surface area contributed by atoms with Gasteiger partial charge in [-0.05, 0) is 43.9 Å². The van der Waals surface area contributed by atoms with Crippen molar-refractivity contribution in [2.24, 2.45) is 5.92 Å². The number of hydrogen-bond donors (Lipinski definition) is 4. The number of nitrogens with zero attached hydrogens (tertiary/aromatic N) is 2. The molecule has 1 heterocycles. The molecule has 10 heteroatoms. The second-order valence-electron chi connectivity index (χ2n) is 7.18. The Morgan fingerprint density at radius 1 is 1.20 bits per heavy atom. The van der Waals surface area contributed by atoms with Crippen LogP contribution >= 0.6 is 0 Å². The minimum absolute atomic E-state index is 0.0429. The zero-order valence-electron chi connectivity index (χ0n) is 16.0. The third-order valence-corrected chi connectivity index (χ3v) is 5.13. The molecule has 1 amide bonds. The van der Waals surface area contributed by atoms with Gasteiger partial charge >= 0.3 is 6.09 Å². The van der Waals surface area contributed by atoms with Gasteiger partial charge in [-0.2, -0.15) is 5.26 Å². The van der Waals surface area contributed by atoms with Crippen LogP contribution in [0.3, 0.4) is 0 Å². The molecule has 3 rings (SSSR count). The van der Waals surface area contributed by atoms with E-state index in [4.69, 9.17) is 5.11 Å². The van der Waals surface area contributed by atoms with Crippen molar-refractivity contribution in [3.8, 4) is 6.07 Å². The maximum atomic E-state index is 14.6. The molecule has 0 bridgehead atoms. The van der Waals surface area contributed by atoms with Gasteiger partial charge in [-0.3, -0.25) is 0 Å². The molecule has 0 saturated heterocycles. The monoisotopic (exact) mass is 419 g/mol. The number of anilines is 3. The average Bonchev–Trinajstić information content (AvgIpc) is 2.64. The first kappa shape index (κ1) is 21.2. The van der Waals surface area contributed by atoms with E-state index < -0.39 is 35.6 Å². The number of benzene rings is 1. The largest absolute Gasteiger partial charge is 0.465 e. The normalized spacial score (nSPS) is 15.4. The smallest absolute Gasteiger partial charge is 0.404 e. The van der Waals surface area contributed by atoms with Gasteiger partial charge in [0.1, 0.15) is 6.07 Å². The highest BCUT2D eigenvalue weighted by Crippen LogP contribution is 2.33. The maximum absolute atomic E-state index is 14.6. The van der Waals surface area contributed by atoms with Gasteiger partial charge in [0, 0.05) is 17.8 Å². The van der Waals surface area contributed by atoms with Crippen molar-refractivity contribution in [1.82, 2.24) is 10.3 Å². The van der Waals surface area contributed by atoms with Crippen LogP contribution in [0, 0.1) is 34.7 Å². The molecular formula is C20H20F3N5O2. The molecular weight excluding hydrogens is 399 g/mol. The van der Waals surface area contributed by atoms with Crippen molar-refractivity contribution in [3.05, 3.63) is 47.3 Å². The molecule has 2 aromatic rings. The molecule has 1 aromatic carbocycles. The van der Waals surface area contributed by atoms with Crippen LogP contribution in [0.5, 0.6) is 0 Å². The van der Waals surface area contributed by atoms with E-state index in [1.54, 1.807) is 13.0 Å². The molecule has 0 spiro atoms. The predicted octanol–water partition coefficient (Wildman–Crippen LogP) is 4.35. The number of aromatic nitrogens is 1. The number of nitrogens with one attached hydrogen (secondary N) is 3. The van der Waals surface area contributed by atoms with Crippen molar-refractivity contribution in [2.45, 2.75) is 38.3 Å². The van der Waals surface area contributed by atoms with Gasteiger partial charge in [-0.25, -0.2) is 22.9 Å². The summed E-state index contributed by atoms with van der Waals surface area (Å²) in [6.45, 7) is 1.67. The molecule has 2 atom stereocenters. The first-order valence-corrected chi connectivity index (χ1v) is 9.37. The Kier molecular flexibility index (Phi) is 6.30. The summed E-state index contributed by atoms with van der Waals surface area (Å²) < 4.78 is 41.2. The fourth-order valence-corrected chi connectivity index (χ4v) is 3.37. The molecule has 7 nitrogen and oxygen atoms in total. The average molecular weight is 419 g/mol. The summed E-state index contributed by atoms with van der Waals surface area (Å²) in [7, 11) is 0. The summed E-state index contributed by atoms with van der Waals surface area (Å²) >= 11 is 0. The Labute approximate surface area is 170 Å². The minimum atomic E-state index is -1.19. The molecule has 1 fully saturated rings. The second kappa shape index (κ2) is 8.90. The van der Waals surface area contributed by atoms with Gasteiger partial charge in [0.2, 0.25) is 0 Å². The molecule has 30 heavy (non-hydrogen) atoms. The number of amides is 1. The Morgan fingerprint density at radius 3 is 2.50 bits per heavy atom. The van der Waals surface area contributed by atoms with E-state index in [-0.39, 0.29) is 28.8 Å². The number of rotatable bonds is 7. The Hall–Kier alpha value is -3.48. The molecule has 1 aliphatic rings. The van der Waals surface area contributed by atoms with Crippen LogP contribution < -0.4 is 16.0 Å². The van der Waals surface area contributed by atoms with E-state index in [2.05, 4.69) is 20.9 Å². The van der Waals surface area contributed by atoms with Crippen LogP contribution in [0.15, 0.2) is 24.3 Å². The molecule has 0 unspecified atom stereocenters. The maximum Gasteiger partial charge on any atom is 0.404 e. The zero-order valence-corrected chi connectivity index (χ0v) is 16.0. The van der Waals surface area contributed by atoms with Crippen LogP contribution in [0.4, 0.5) is 35.3 Å². The predicted molar refractivity (Wildman–Crippen MR) is 104 cm³/mol. The van der Waals surface area contributed by atoms with Gasteiger partial charge in [0.25, 0.3) is 0 Å². The van der Waals surface area contributed by atoms with E-state index >= 15 is 0 Å². The third-order valence-electron chi connectivity index (χ3n) is 5.13. The van der Waals surface area contributed by atoms with Gasteiger partial charge in [-0.1, -0.05) is 6.42 Å². The summed E-state index contributed by atoms with van der Waals surface area (Å²) in [6, 6.07) is 4.91. The lowest BCUT2D eigenvalue weighted by molar-refractivity contribution is 0.180. The fourth-order valence-electron chi connectivity index (χ4n) is 3.37. The van der Waals surface area contributed by atoms with Gasteiger partial charge in [0.05, 0.1) is 11.6 Å². The highest BCUT2D eigenvalue weighted by molar-refractivity contribution is 5.66. The molecule has 0 aliphatic heterocycles. The van der Waals surface area contributed by atoms with Crippen molar-refractivity contribution < 1.29 is 23.1 Å². The summed E-state index contributed by atoms with van der Waals surface area (Å²) in [5, 5.41) is 26.3. The third kappa shape index (κ3) is 4.74. The topological polar surface area (TPSA) is 110 Å². The number of hydrogen-bond acceptors (Lipinski definition) is 5. The summed E-state index contributed by atoms with van der Waals surface area (Å²) in [5.74, 6) is -2.98. The second-order valence-corrected chi connectivity index (χ2v) is 7.18.